The van der Waals surface area contributed by atoms with Gasteiger partial charge in [-0.15, -0.1) is 0 Å². The molecule has 0 amide bonds. The molecule has 0 bridgehead atoms. The predicted octanol–water partition coefficient (Wildman–Crippen LogP) is 4.76. The van der Waals surface area contributed by atoms with Crippen LogP contribution in [0, 0.1) is 0 Å². The smallest absolute Gasteiger partial charge is 0.142 e. The molecule has 1 aliphatic heterocycles. The van der Waals surface area contributed by atoms with Gasteiger partial charge in [-0.3, -0.25) is 4.90 Å². The lowest BCUT2D eigenvalue weighted by molar-refractivity contribution is 0.164. The first-order valence-corrected chi connectivity index (χ1v) is 8.31. The van der Waals surface area contributed by atoms with Crippen molar-refractivity contribution in [3.05, 3.63) is 48.0 Å². The van der Waals surface area contributed by atoms with Gasteiger partial charge in [0.2, 0.25) is 0 Å². The van der Waals surface area contributed by atoms with Crippen molar-refractivity contribution in [2.75, 3.05) is 6.54 Å². The fraction of sp³-hybridized carbons (Fsp3) is 0.579. The van der Waals surface area contributed by atoms with E-state index in [0.717, 1.165) is 18.7 Å². The molecule has 1 saturated heterocycles. The van der Waals surface area contributed by atoms with Gasteiger partial charge in [-0.25, -0.2) is 0 Å². The summed E-state index contributed by atoms with van der Waals surface area (Å²) in [6.07, 6.45) is 7.08. The highest BCUT2D eigenvalue weighted by molar-refractivity contribution is 5.16. The second kappa shape index (κ2) is 8.35. The largest absolute Gasteiger partial charge is 0.348 e. The summed E-state index contributed by atoms with van der Waals surface area (Å²) in [5, 5.41) is 0. The van der Waals surface area contributed by atoms with Gasteiger partial charge in [0.25, 0.3) is 0 Å². The summed E-state index contributed by atoms with van der Waals surface area (Å²) in [5.74, 6) is 0. The molecule has 1 aliphatic rings. The number of hydrogen-bond acceptors (Lipinski definition) is 2. The third-order valence-electron chi connectivity index (χ3n) is 4.09. The molecule has 1 fully saturated rings. The molecule has 2 unspecified atom stereocenters. The number of epoxide rings is 1. The van der Waals surface area contributed by atoms with E-state index in [4.69, 9.17) is 4.74 Å². The Balaban J connectivity index is 1.84. The Labute approximate surface area is 129 Å². The number of unbranched alkanes of at least 4 members (excludes halogenated alkanes) is 4. The molecule has 2 nitrogen and oxygen atoms in total. The normalized spacial score (nSPS) is 20.7. The number of nitrogens with zero attached hydrogens (tertiary/aromatic N) is 1. The lowest BCUT2D eigenvalue weighted by atomic mass is 10.1. The third-order valence-corrected chi connectivity index (χ3v) is 4.09. The maximum atomic E-state index is 5.82. The highest BCUT2D eigenvalue weighted by Gasteiger charge is 2.43. The first-order chi connectivity index (χ1) is 10.2. The van der Waals surface area contributed by atoms with Crippen LogP contribution in [-0.4, -0.2) is 23.8 Å². The van der Waals surface area contributed by atoms with Crippen molar-refractivity contribution >= 4 is 0 Å². The van der Waals surface area contributed by atoms with Crippen molar-refractivity contribution in [3.8, 4) is 0 Å². The van der Waals surface area contributed by atoms with Gasteiger partial charge >= 0.3 is 0 Å². The van der Waals surface area contributed by atoms with Crippen molar-refractivity contribution in [2.24, 2.45) is 0 Å². The van der Waals surface area contributed by atoms with E-state index >= 15 is 0 Å². The molecule has 2 rings (SSSR count). The van der Waals surface area contributed by atoms with E-state index in [1.165, 1.54) is 37.7 Å². The molecule has 2 heteroatoms. The fourth-order valence-corrected chi connectivity index (χ4v) is 2.77. The van der Waals surface area contributed by atoms with Crippen LogP contribution in [0.4, 0.5) is 0 Å². The zero-order valence-corrected chi connectivity index (χ0v) is 13.6. The van der Waals surface area contributed by atoms with E-state index in [1.54, 1.807) is 0 Å². The molecule has 0 spiro atoms. The maximum absolute atomic E-state index is 5.82. The Morgan fingerprint density at radius 3 is 2.48 bits per heavy atom. The van der Waals surface area contributed by atoms with E-state index in [2.05, 4.69) is 55.7 Å². The lowest BCUT2D eigenvalue weighted by Crippen LogP contribution is -2.29. The van der Waals surface area contributed by atoms with Crippen LogP contribution in [0.25, 0.3) is 0 Å². The van der Waals surface area contributed by atoms with Crippen molar-refractivity contribution in [1.82, 2.24) is 4.90 Å². The van der Waals surface area contributed by atoms with E-state index in [1.807, 2.05) is 0 Å². The number of ether oxygens (including phenoxy) is 1. The maximum Gasteiger partial charge on any atom is 0.142 e. The minimum absolute atomic E-state index is 0.240. The van der Waals surface area contributed by atoms with E-state index in [0.29, 0.717) is 0 Å². The van der Waals surface area contributed by atoms with Crippen molar-refractivity contribution < 1.29 is 4.74 Å². The van der Waals surface area contributed by atoms with Crippen molar-refractivity contribution in [1.29, 1.82) is 0 Å². The highest BCUT2D eigenvalue weighted by Crippen LogP contribution is 2.32. The van der Waals surface area contributed by atoms with Crippen LogP contribution in [0.15, 0.2) is 42.5 Å². The standard InChI is InChI=1S/C19H29NO/c1-4-5-6-7-11-14-20(19-18(21-19)16(2)3)15-17-12-9-8-10-13-17/h8-10,12-13,18-19H,2,4-7,11,14-15H2,1,3H3. The molecular weight excluding hydrogens is 258 g/mol. The third kappa shape index (κ3) is 5.29. The average Bonchev–Trinajstić information content (AvgIpc) is 3.27. The van der Waals surface area contributed by atoms with Crippen LogP contribution < -0.4 is 0 Å². The molecule has 0 saturated carbocycles. The van der Waals surface area contributed by atoms with Gasteiger partial charge in [0.05, 0.1) is 0 Å². The molecule has 0 aromatic heterocycles. The molecule has 0 aliphatic carbocycles. The molecule has 21 heavy (non-hydrogen) atoms. The number of rotatable bonds is 10. The summed E-state index contributed by atoms with van der Waals surface area (Å²) in [4.78, 5) is 2.47. The zero-order valence-electron chi connectivity index (χ0n) is 13.6. The fourth-order valence-electron chi connectivity index (χ4n) is 2.77. The van der Waals surface area contributed by atoms with Crippen LogP contribution in [0.5, 0.6) is 0 Å². The summed E-state index contributed by atoms with van der Waals surface area (Å²) in [7, 11) is 0. The van der Waals surface area contributed by atoms with Crippen LogP contribution in [-0.2, 0) is 11.3 Å². The minimum atomic E-state index is 0.240. The molecule has 1 aromatic rings. The molecular formula is C19H29NO. The SMILES string of the molecule is C=C(C)C1OC1N(CCCCCCC)Cc1ccccc1. The summed E-state index contributed by atoms with van der Waals surface area (Å²) in [5.41, 5.74) is 2.51. The quantitative estimate of drug-likeness (QED) is 0.350. The first kappa shape index (κ1) is 16.3. The summed E-state index contributed by atoms with van der Waals surface area (Å²) < 4.78 is 5.82. The van der Waals surface area contributed by atoms with E-state index in [-0.39, 0.29) is 12.3 Å². The van der Waals surface area contributed by atoms with Gasteiger partial charge in [-0.05, 0) is 24.5 Å². The Bertz CT molecular complexity index is 428. The first-order valence-electron chi connectivity index (χ1n) is 8.31. The average molecular weight is 287 g/mol. The van der Waals surface area contributed by atoms with Crippen molar-refractivity contribution in [2.45, 2.75) is 64.8 Å². The van der Waals surface area contributed by atoms with E-state index in [9.17, 15) is 0 Å². The van der Waals surface area contributed by atoms with Crippen molar-refractivity contribution in [3.63, 3.8) is 0 Å². The van der Waals surface area contributed by atoms with Crippen LogP contribution in [0.2, 0.25) is 0 Å². The Morgan fingerprint density at radius 1 is 1.14 bits per heavy atom. The van der Waals surface area contributed by atoms with Gasteiger partial charge in [0, 0.05) is 13.1 Å². The second-order valence-electron chi connectivity index (χ2n) is 6.16. The number of hydrogen-bond donors (Lipinski definition) is 0. The number of benzene rings is 1. The van der Waals surface area contributed by atoms with Crippen LogP contribution >= 0.6 is 0 Å². The van der Waals surface area contributed by atoms with E-state index < -0.39 is 0 Å². The Morgan fingerprint density at radius 2 is 1.86 bits per heavy atom. The molecule has 1 heterocycles. The molecule has 1 aromatic carbocycles. The molecule has 116 valence electrons. The lowest BCUT2D eigenvalue weighted by Gasteiger charge is -2.20. The predicted molar refractivity (Wildman–Crippen MR) is 89.1 cm³/mol. The molecule has 2 atom stereocenters. The van der Waals surface area contributed by atoms with Gasteiger partial charge in [0.15, 0.2) is 0 Å². The molecule has 0 radical (unpaired) electrons. The van der Waals surface area contributed by atoms with Gasteiger partial charge < -0.3 is 4.74 Å². The molecule has 0 N–H and O–H groups in total. The zero-order chi connectivity index (χ0) is 15.1. The second-order valence-corrected chi connectivity index (χ2v) is 6.16. The van der Waals surface area contributed by atoms with Gasteiger partial charge in [0.1, 0.15) is 12.3 Å². The monoisotopic (exact) mass is 287 g/mol. The summed E-state index contributed by atoms with van der Waals surface area (Å²) >= 11 is 0. The van der Waals surface area contributed by atoms with Crippen LogP contribution in [0.1, 0.15) is 51.5 Å². The highest BCUT2D eigenvalue weighted by atomic mass is 16.6. The Kier molecular flexibility index (Phi) is 6.47. The van der Waals surface area contributed by atoms with Crippen LogP contribution in [0.3, 0.4) is 0 Å². The van der Waals surface area contributed by atoms with Gasteiger partial charge in [-0.2, -0.15) is 0 Å². The minimum Gasteiger partial charge on any atom is -0.348 e. The Hall–Kier alpha value is -1.12. The summed E-state index contributed by atoms with van der Waals surface area (Å²) in [6, 6.07) is 10.7. The van der Waals surface area contributed by atoms with Gasteiger partial charge in [-0.1, -0.05) is 69.5 Å². The summed E-state index contributed by atoms with van der Waals surface area (Å²) in [6.45, 7) is 10.4. The topological polar surface area (TPSA) is 15.8 Å².